The third-order valence-corrected chi connectivity index (χ3v) is 2.25. The molecule has 0 saturated carbocycles. The Bertz CT molecular complexity index is 424. The Morgan fingerprint density at radius 2 is 2.31 bits per heavy atom. The van der Waals surface area contributed by atoms with E-state index in [-0.39, 0.29) is 0 Å². The van der Waals surface area contributed by atoms with Crippen LogP contribution in [0.5, 0.6) is 0 Å². The molecule has 2 rings (SSSR count). The van der Waals surface area contributed by atoms with Gasteiger partial charge in [-0.2, -0.15) is 5.10 Å². The number of pyridine rings is 1. The van der Waals surface area contributed by atoms with E-state index in [0.717, 1.165) is 15.9 Å². The van der Waals surface area contributed by atoms with Crippen molar-refractivity contribution in [2.24, 2.45) is 0 Å². The molecular formula is C8H7BrN4. The highest BCUT2D eigenvalue weighted by Crippen LogP contribution is 2.24. The highest BCUT2D eigenvalue weighted by atomic mass is 79.9. The van der Waals surface area contributed by atoms with Crippen molar-refractivity contribution in [3.05, 3.63) is 28.9 Å². The van der Waals surface area contributed by atoms with E-state index in [0.29, 0.717) is 5.82 Å². The first kappa shape index (κ1) is 8.25. The summed E-state index contributed by atoms with van der Waals surface area (Å²) in [6, 6.07) is 5.51. The lowest BCUT2D eigenvalue weighted by Crippen LogP contribution is -1.83. The average molecular weight is 239 g/mol. The van der Waals surface area contributed by atoms with Crippen molar-refractivity contribution in [2.45, 2.75) is 0 Å². The molecule has 0 bridgehead atoms. The fraction of sp³-hybridized carbons (Fsp3) is 0. The topological polar surface area (TPSA) is 67.6 Å². The van der Waals surface area contributed by atoms with Crippen LogP contribution < -0.4 is 5.73 Å². The number of aromatic amines is 1. The summed E-state index contributed by atoms with van der Waals surface area (Å²) in [5.41, 5.74) is 7.10. The summed E-state index contributed by atoms with van der Waals surface area (Å²) >= 11 is 3.39. The molecule has 0 spiro atoms. The Morgan fingerprint density at radius 1 is 1.46 bits per heavy atom. The Labute approximate surface area is 83.3 Å². The Balaban J connectivity index is 2.52. The molecule has 3 N–H and O–H groups in total. The number of hydrogen-bond acceptors (Lipinski definition) is 3. The first-order valence-corrected chi connectivity index (χ1v) is 4.48. The number of H-pyrrole nitrogens is 1. The van der Waals surface area contributed by atoms with Gasteiger partial charge >= 0.3 is 0 Å². The molecule has 2 aromatic heterocycles. The molecule has 0 radical (unpaired) electrons. The molecule has 0 fully saturated rings. The SMILES string of the molecule is Nc1cc(-c2ncccc2Br)[nH]n1. The molecule has 13 heavy (non-hydrogen) atoms. The predicted octanol–water partition coefficient (Wildman–Crippen LogP) is 1.82. The smallest absolute Gasteiger partial charge is 0.145 e. The van der Waals surface area contributed by atoms with Crippen molar-refractivity contribution in [1.29, 1.82) is 0 Å². The van der Waals surface area contributed by atoms with Gasteiger partial charge < -0.3 is 5.73 Å². The lowest BCUT2D eigenvalue weighted by atomic mass is 10.3. The summed E-state index contributed by atoms with van der Waals surface area (Å²) in [5, 5.41) is 6.62. The second kappa shape index (κ2) is 3.18. The monoisotopic (exact) mass is 238 g/mol. The quantitative estimate of drug-likeness (QED) is 0.797. The molecule has 0 aliphatic rings. The maximum atomic E-state index is 5.48. The van der Waals surface area contributed by atoms with E-state index in [2.05, 4.69) is 31.1 Å². The predicted molar refractivity (Wildman–Crippen MR) is 53.9 cm³/mol. The van der Waals surface area contributed by atoms with Gasteiger partial charge in [0.25, 0.3) is 0 Å². The molecule has 2 heterocycles. The van der Waals surface area contributed by atoms with Crippen molar-refractivity contribution >= 4 is 21.7 Å². The third kappa shape index (κ3) is 1.55. The van der Waals surface area contributed by atoms with Gasteiger partial charge in [-0.1, -0.05) is 0 Å². The zero-order valence-electron chi connectivity index (χ0n) is 6.66. The zero-order chi connectivity index (χ0) is 9.26. The van der Waals surface area contributed by atoms with Crippen molar-refractivity contribution in [3.63, 3.8) is 0 Å². The van der Waals surface area contributed by atoms with Crippen molar-refractivity contribution in [1.82, 2.24) is 15.2 Å². The Kier molecular flexibility index (Phi) is 2.02. The molecule has 2 aromatic rings. The average Bonchev–Trinajstić information content (AvgIpc) is 2.53. The summed E-state index contributed by atoms with van der Waals surface area (Å²) in [6.07, 6.45) is 1.72. The van der Waals surface area contributed by atoms with E-state index < -0.39 is 0 Å². The van der Waals surface area contributed by atoms with Crippen molar-refractivity contribution in [3.8, 4) is 11.4 Å². The molecule has 0 aliphatic carbocycles. The summed E-state index contributed by atoms with van der Waals surface area (Å²) in [4.78, 5) is 4.19. The second-order valence-corrected chi connectivity index (χ2v) is 3.39. The van der Waals surface area contributed by atoms with Crippen LogP contribution in [0.15, 0.2) is 28.9 Å². The number of nitrogen functional groups attached to an aromatic ring is 1. The number of nitrogens with one attached hydrogen (secondary N) is 1. The first-order chi connectivity index (χ1) is 6.27. The van der Waals surface area contributed by atoms with E-state index in [1.165, 1.54) is 0 Å². The molecule has 0 saturated heterocycles. The van der Waals surface area contributed by atoms with Crippen molar-refractivity contribution < 1.29 is 0 Å². The van der Waals surface area contributed by atoms with Gasteiger partial charge in [-0.05, 0) is 28.1 Å². The fourth-order valence-electron chi connectivity index (χ4n) is 1.04. The third-order valence-electron chi connectivity index (χ3n) is 1.61. The minimum absolute atomic E-state index is 0.465. The minimum atomic E-state index is 0.465. The number of hydrogen-bond donors (Lipinski definition) is 2. The fourth-order valence-corrected chi connectivity index (χ4v) is 1.51. The van der Waals surface area contributed by atoms with Crippen LogP contribution in [0.2, 0.25) is 0 Å². The number of aromatic nitrogens is 3. The molecule has 0 aromatic carbocycles. The number of anilines is 1. The van der Waals surface area contributed by atoms with Gasteiger partial charge in [0.05, 0.1) is 5.69 Å². The maximum absolute atomic E-state index is 5.48. The highest BCUT2D eigenvalue weighted by Gasteiger charge is 2.05. The summed E-state index contributed by atoms with van der Waals surface area (Å²) in [7, 11) is 0. The van der Waals surface area contributed by atoms with E-state index in [4.69, 9.17) is 5.73 Å². The largest absolute Gasteiger partial charge is 0.382 e. The zero-order valence-corrected chi connectivity index (χ0v) is 8.25. The summed E-state index contributed by atoms with van der Waals surface area (Å²) in [6.45, 7) is 0. The molecule has 5 heteroatoms. The van der Waals surface area contributed by atoms with Gasteiger partial charge in [-0.25, -0.2) is 0 Å². The van der Waals surface area contributed by atoms with Crippen LogP contribution in [0.25, 0.3) is 11.4 Å². The lowest BCUT2D eigenvalue weighted by molar-refractivity contribution is 1.09. The van der Waals surface area contributed by atoms with Gasteiger partial charge in [-0.15, -0.1) is 0 Å². The number of nitrogens with two attached hydrogens (primary N) is 1. The Morgan fingerprint density at radius 3 is 2.92 bits per heavy atom. The van der Waals surface area contributed by atoms with E-state index in [1.807, 2.05) is 12.1 Å². The van der Waals surface area contributed by atoms with E-state index in [1.54, 1.807) is 12.3 Å². The van der Waals surface area contributed by atoms with Gasteiger partial charge in [0.15, 0.2) is 0 Å². The maximum Gasteiger partial charge on any atom is 0.145 e. The highest BCUT2D eigenvalue weighted by molar-refractivity contribution is 9.10. The van der Waals surface area contributed by atoms with Gasteiger partial charge in [0.1, 0.15) is 11.5 Å². The van der Waals surface area contributed by atoms with Crippen LogP contribution in [-0.4, -0.2) is 15.2 Å². The van der Waals surface area contributed by atoms with Crippen LogP contribution in [0.1, 0.15) is 0 Å². The summed E-state index contributed by atoms with van der Waals surface area (Å²) in [5.74, 6) is 0.465. The van der Waals surface area contributed by atoms with Crippen molar-refractivity contribution in [2.75, 3.05) is 5.73 Å². The number of halogens is 1. The van der Waals surface area contributed by atoms with Crippen LogP contribution >= 0.6 is 15.9 Å². The van der Waals surface area contributed by atoms with Crippen LogP contribution in [0.3, 0.4) is 0 Å². The molecule has 4 nitrogen and oxygen atoms in total. The molecule has 0 atom stereocenters. The minimum Gasteiger partial charge on any atom is -0.382 e. The molecule has 66 valence electrons. The van der Waals surface area contributed by atoms with Crippen LogP contribution in [0.4, 0.5) is 5.82 Å². The van der Waals surface area contributed by atoms with Gasteiger partial charge in [0, 0.05) is 16.7 Å². The van der Waals surface area contributed by atoms with Gasteiger partial charge in [0.2, 0.25) is 0 Å². The van der Waals surface area contributed by atoms with Gasteiger partial charge in [-0.3, -0.25) is 10.1 Å². The van der Waals surface area contributed by atoms with E-state index in [9.17, 15) is 0 Å². The Hall–Kier alpha value is -1.36. The van der Waals surface area contributed by atoms with Crippen LogP contribution in [0, 0.1) is 0 Å². The number of nitrogens with zero attached hydrogens (tertiary/aromatic N) is 2. The van der Waals surface area contributed by atoms with Crippen LogP contribution in [-0.2, 0) is 0 Å². The van der Waals surface area contributed by atoms with E-state index >= 15 is 0 Å². The normalized spacial score (nSPS) is 10.2. The first-order valence-electron chi connectivity index (χ1n) is 3.69. The molecular weight excluding hydrogens is 232 g/mol. The summed E-state index contributed by atoms with van der Waals surface area (Å²) < 4.78 is 0.915. The number of rotatable bonds is 1. The molecule has 0 unspecified atom stereocenters. The second-order valence-electron chi connectivity index (χ2n) is 2.54. The molecule has 0 amide bonds. The standard InChI is InChI=1S/C8H7BrN4/c9-5-2-1-3-11-8(5)6-4-7(10)13-12-6/h1-4H,(H3,10,12,13). The molecule has 0 aliphatic heterocycles. The lowest BCUT2D eigenvalue weighted by Gasteiger charge is -1.97.